The molecule has 0 saturated carbocycles. The standard InChI is InChI=1S/C11H11ClFIO2/c1-2-16-11(15)9(12)5-7-3-4-8(13)6-10(7)14/h3-4,6,9H,2,5H2,1H3. The van der Waals surface area contributed by atoms with Crippen LogP contribution in [0.1, 0.15) is 12.5 Å². The first kappa shape index (κ1) is 13.7. The quantitative estimate of drug-likeness (QED) is 0.471. The molecule has 1 rings (SSSR count). The molecule has 0 aliphatic heterocycles. The molecule has 0 aliphatic rings. The van der Waals surface area contributed by atoms with Gasteiger partial charge >= 0.3 is 5.97 Å². The Morgan fingerprint density at radius 2 is 2.31 bits per heavy atom. The fourth-order valence-corrected chi connectivity index (χ4v) is 2.12. The molecule has 88 valence electrons. The fraction of sp³-hybridized carbons (Fsp3) is 0.364. The van der Waals surface area contributed by atoms with E-state index in [-0.39, 0.29) is 5.82 Å². The number of esters is 1. The summed E-state index contributed by atoms with van der Waals surface area (Å²) >= 11 is 7.90. The molecular formula is C11H11ClFIO2. The van der Waals surface area contributed by atoms with Gasteiger partial charge in [0.25, 0.3) is 0 Å². The van der Waals surface area contributed by atoms with Crippen LogP contribution in [0.5, 0.6) is 0 Å². The van der Waals surface area contributed by atoms with Gasteiger partial charge in [-0.25, -0.2) is 4.39 Å². The third-order valence-corrected chi connectivity index (χ3v) is 3.29. The third-order valence-electron chi connectivity index (χ3n) is 1.96. The number of carbonyl (C=O) groups excluding carboxylic acids is 1. The third kappa shape index (κ3) is 3.90. The van der Waals surface area contributed by atoms with Crippen molar-refractivity contribution in [3.8, 4) is 0 Å². The van der Waals surface area contributed by atoms with Crippen LogP contribution < -0.4 is 0 Å². The number of hydrogen-bond donors (Lipinski definition) is 0. The van der Waals surface area contributed by atoms with E-state index in [1.807, 2.05) is 22.6 Å². The zero-order valence-corrected chi connectivity index (χ0v) is 11.6. The molecule has 2 nitrogen and oxygen atoms in total. The van der Waals surface area contributed by atoms with Gasteiger partial charge in [0.2, 0.25) is 0 Å². The van der Waals surface area contributed by atoms with Crippen molar-refractivity contribution in [1.82, 2.24) is 0 Å². The Hall–Kier alpha value is -0.360. The summed E-state index contributed by atoms with van der Waals surface area (Å²) in [6.45, 7) is 2.03. The van der Waals surface area contributed by atoms with Gasteiger partial charge in [-0.15, -0.1) is 11.6 Å². The summed E-state index contributed by atoms with van der Waals surface area (Å²) in [6.07, 6.45) is 0.346. The Kier molecular flexibility index (Phi) is 5.48. The van der Waals surface area contributed by atoms with E-state index in [4.69, 9.17) is 16.3 Å². The molecule has 16 heavy (non-hydrogen) atoms. The minimum Gasteiger partial charge on any atom is -0.465 e. The number of rotatable bonds is 4. The van der Waals surface area contributed by atoms with Crippen molar-refractivity contribution < 1.29 is 13.9 Å². The number of carbonyl (C=O) groups is 1. The summed E-state index contributed by atoms with van der Waals surface area (Å²) < 4.78 is 18.4. The Bertz CT molecular complexity index is 384. The lowest BCUT2D eigenvalue weighted by atomic mass is 10.1. The van der Waals surface area contributed by atoms with Crippen LogP contribution in [0.4, 0.5) is 4.39 Å². The van der Waals surface area contributed by atoms with E-state index in [1.54, 1.807) is 13.0 Å². The maximum Gasteiger partial charge on any atom is 0.324 e. The number of ether oxygens (including phenoxy) is 1. The van der Waals surface area contributed by atoms with Crippen molar-refractivity contribution >= 4 is 40.2 Å². The molecule has 1 aromatic rings. The number of halogens is 3. The lowest BCUT2D eigenvalue weighted by Crippen LogP contribution is -2.20. The largest absolute Gasteiger partial charge is 0.465 e. The van der Waals surface area contributed by atoms with E-state index in [9.17, 15) is 9.18 Å². The van der Waals surface area contributed by atoms with Gasteiger partial charge in [-0.2, -0.15) is 0 Å². The van der Waals surface area contributed by atoms with Gasteiger partial charge in [-0.05, 0) is 47.2 Å². The lowest BCUT2D eigenvalue weighted by molar-refractivity contribution is -0.142. The SMILES string of the molecule is CCOC(=O)C(Cl)Cc1ccc(F)cc1I. The monoisotopic (exact) mass is 356 g/mol. The van der Waals surface area contributed by atoms with E-state index in [0.29, 0.717) is 13.0 Å². The van der Waals surface area contributed by atoms with Crippen molar-refractivity contribution in [2.75, 3.05) is 6.61 Å². The minimum atomic E-state index is -0.723. The van der Waals surface area contributed by atoms with Gasteiger partial charge in [0.05, 0.1) is 6.61 Å². The Morgan fingerprint density at radius 3 is 2.88 bits per heavy atom. The van der Waals surface area contributed by atoms with Crippen molar-refractivity contribution in [3.05, 3.63) is 33.1 Å². The van der Waals surface area contributed by atoms with Crippen molar-refractivity contribution in [2.45, 2.75) is 18.7 Å². The first-order valence-electron chi connectivity index (χ1n) is 4.79. The highest BCUT2D eigenvalue weighted by atomic mass is 127. The fourth-order valence-electron chi connectivity index (χ4n) is 1.20. The second-order valence-electron chi connectivity index (χ2n) is 3.16. The molecule has 0 amide bonds. The molecule has 0 spiro atoms. The predicted octanol–water partition coefficient (Wildman–Crippen LogP) is 3.14. The Labute approximate surface area is 112 Å². The maximum absolute atomic E-state index is 12.8. The van der Waals surface area contributed by atoms with Gasteiger partial charge in [-0.1, -0.05) is 6.07 Å². The normalized spacial score (nSPS) is 12.2. The van der Waals surface area contributed by atoms with Crippen LogP contribution >= 0.6 is 34.2 Å². The number of benzene rings is 1. The molecule has 0 aromatic heterocycles. The van der Waals surface area contributed by atoms with Crippen molar-refractivity contribution in [3.63, 3.8) is 0 Å². The molecule has 0 bridgehead atoms. The molecule has 1 atom stereocenters. The highest BCUT2D eigenvalue weighted by molar-refractivity contribution is 14.1. The molecular weight excluding hydrogens is 345 g/mol. The van der Waals surface area contributed by atoms with E-state index in [0.717, 1.165) is 9.13 Å². The molecule has 0 aliphatic carbocycles. The van der Waals surface area contributed by atoms with E-state index in [1.165, 1.54) is 12.1 Å². The second kappa shape index (κ2) is 6.39. The Morgan fingerprint density at radius 1 is 1.62 bits per heavy atom. The molecule has 0 N–H and O–H groups in total. The van der Waals surface area contributed by atoms with E-state index < -0.39 is 11.3 Å². The van der Waals surface area contributed by atoms with Gasteiger partial charge in [0.15, 0.2) is 0 Å². The second-order valence-corrected chi connectivity index (χ2v) is 4.85. The van der Waals surface area contributed by atoms with Crippen LogP contribution in [0.2, 0.25) is 0 Å². The summed E-state index contributed by atoms with van der Waals surface area (Å²) in [5, 5.41) is -0.723. The lowest BCUT2D eigenvalue weighted by Gasteiger charge is -2.10. The van der Waals surface area contributed by atoms with Crippen LogP contribution in [0.15, 0.2) is 18.2 Å². The van der Waals surface area contributed by atoms with Crippen molar-refractivity contribution in [1.29, 1.82) is 0 Å². The summed E-state index contributed by atoms with van der Waals surface area (Å²) in [7, 11) is 0. The average Bonchev–Trinajstić information content (AvgIpc) is 2.22. The van der Waals surface area contributed by atoms with Crippen LogP contribution in [0.25, 0.3) is 0 Å². The first-order chi connectivity index (χ1) is 7.54. The maximum atomic E-state index is 12.8. The number of alkyl halides is 1. The van der Waals surface area contributed by atoms with Crippen LogP contribution in [-0.4, -0.2) is 18.0 Å². The molecule has 0 saturated heterocycles. The van der Waals surface area contributed by atoms with Gasteiger partial charge in [-0.3, -0.25) is 4.79 Å². The first-order valence-corrected chi connectivity index (χ1v) is 6.30. The topological polar surface area (TPSA) is 26.3 Å². The smallest absolute Gasteiger partial charge is 0.324 e. The summed E-state index contributed by atoms with van der Waals surface area (Å²) in [6, 6.07) is 4.39. The van der Waals surface area contributed by atoms with Gasteiger partial charge in [0, 0.05) is 9.99 Å². The highest BCUT2D eigenvalue weighted by Crippen LogP contribution is 2.18. The molecule has 1 aromatic carbocycles. The van der Waals surface area contributed by atoms with E-state index in [2.05, 4.69) is 0 Å². The molecule has 0 heterocycles. The van der Waals surface area contributed by atoms with Crippen molar-refractivity contribution in [2.24, 2.45) is 0 Å². The average molecular weight is 357 g/mol. The molecule has 0 fully saturated rings. The van der Waals surface area contributed by atoms with Gasteiger partial charge < -0.3 is 4.74 Å². The minimum absolute atomic E-state index is 0.296. The van der Waals surface area contributed by atoms with Crippen LogP contribution in [0, 0.1) is 9.39 Å². The van der Waals surface area contributed by atoms with Gasteiger partial charge in [0.1, 0.15) is 11.2 Å². The predicted molar refractivity (Wildman–Crippen MR) is 69.1 cm³/mol. The zero-order chi connectivity index (χ0) is 12.1. The summed E-state index contributed by atoms with van der Waals surface area (Å²) in [4.78, 5) is 11.3. The zero-order valence-electron chi connectivity index (χ0n) is 8.67. The highest BCUT2D eigenvalue weighted by Gasteiger charge is 2.18. The summed E-state index contributed by atoms with van der Waals surface area (Å²) in [5.74, 6) is -0.736. The van der Waals surface area contributed by atoms with Crippen LogP contribution in [-0.2, 0) is 16.0 Å². The molecule has 0 radical (unpaired) electrons. The van der Waals surface area contributed by atoms with Crippen LogP contribution in [0.3, 0.4) is 0 Å². The summed E-state index contributed by atoms with van der Waals surface area (Å²) in [5.41, 5.74) is 0.843. The van der Waals surface area contributed by atoms with E-state index >= 15 is 0 Å². The molecule has 5 heteroatoms. The number of hydrogen-bond acceptors (Lipinski definition) is 2. The Balaban J connectivity index is 2.69. The molecule has 1 unspecified atom stereocenters.